The van der Waals surface area contributed by atoms with E-state index in [9.17, 15) is 9.59 Å². The van der Waals surface area contributed by atoms with Gasteiger partial charge in [-0.25, -0.2) is 4.99 Å². The zero-order valence-electron chi connectivity index (χ0n) is 17.2. The van der Waals surface area contributed by atoms with Crippen LogP contribution in [0.3, 0.4) is 0 Å². The number of rotatable bonds is 5. The van der Waals surface area contributed by atoms with E-state index in [-0.39, 0.29) is 54.4 Å². The first-order valence-electron chi connectivity index (χ1n) is 9.46. The molecular formula is C20H32IN5O2. The number of benzene rings is 1. The summed E-state index contributed by atoms with van der Waals surface area (Å²) in [6.07, 6.45) is 0.878. The number of nitrogens with zero attached hydrogens (tertiary/aromatic N) is 2. The van der Waals surface area contributed by atoms with Gasteiger partial charge >= 0.3 is 0 Å². The predicted octanol–water partition coefficient (Wildman–Crippen LogP) is 1.66. The zero-order valence-corrected chi connectivity index (χ0v) is 19.5. The Morgan fingerprint density at radius 3 is 2.46 bits per heavy atom. The number of fused-ring (bicyclic) bond motifs is 1. The summed E-state index contributed by atoms with van der Waals surface area (Å²) in [5.41, 5.74) is 2.23. The first kappa shape index (κ1) is 24.2. The van der Waals surface area contributed by atoms with Gasteiger partial charge in [0.1, 0.15) is 6.54 Å². The predicted molar refractivity (Wildman–Crippen MR) is 123 cm³/mol. The molecule has 0 atom stereocenters. The molecule has 0 unspecified atom stereocenters. The molecule has 0 saturated carbocycles. The number of amides is 2. The summed E-state index contributed by atoms with van der Waals surface area (Å²) in [5, 5.41) is 8.96. The molecule has 7 nitrogen and oxygen atoms in total. The molecule has 1 aromatic rings. The van der Waals surface area contributed by atoms with Crippen LogP contribution in [0.15, 0.2) is 29.3 Å². The third-order valence-corrected chi connectivity index (χ3v) is 4.13. The fourth-order valence-electron chi connectivity index (χ4n) is 2.93. The molecular weight excluding hydrogens is 469 g/mol. The molecule has 2 rings (SSSR count). The lowest BCUT2D eigenvalue weighted by molar-refractivity contribution is -0.130. The normalized spacial score (nSPS) is 13.9. The van der Waals surface area contributed by atoms with E-state index in [1.54, 1.807) is 0 Å². The minimum absolute atomic E-state index is 0. The van der Waals surface area contributed by atoms with Gasteiger partial charge in [0.25, 0.3) is 0 Å². The lowest BCUT2D eigenvalue weighted by Crippen LogP contribution is -2.46. The maximum absolute atomic E-state index is 12.5. The summed E-state index contributed by atoms with van der Waals surface area (Å²) in [5.74, 6) is 0.334. The highest BCUT2D eigenvalue weighted by molar-refractivity contribution is 14.0. The maximum Gasteiger partial charge on any atom is 0.242 e. The molecule has 0 aliphatic carbocycles. The second kappa shape index (κ2) is 11.2. The number of hydrogen-bond donors (Lipinski definition) is 3. The summed E-state index contributed by atoms with van der Waals surface area (Å²) < 4.78 is 0. The Labute approximate surface area is 184 Å². The Morgan fingerprint density at radius 1 is 1.14 bits per heavy atom. The summed E-state index contributed by atoms with van der Waals surface area (Å²) in [6, 6.07) is 8.23. The van der Waals surface area contributed by atoms with Crippen molar-refractivity contribution < 1.29 is 9.59 Å². The number of guanidine groups is 1. The highest BCUT2D eigenvalue weighted by atomic mass is 127. The van der Waals surface area contributed by atoms with E-state index in [0.717, 1.165) is 13.0 Å². The molecule has 8 heteroatoms. The Bertz CT molecular complexity index is 700. The SMILES string of the molecule is CCNC(=NCC(=O)NC(C)(C)C)NCC(=O)N1CCc2ccccc2C1.I. The molecule has 0 radical (unpaired) electrons. The van der Waals surface area contributed by atoms with Crippen LogP contribution in [-0.2, 0) is 22.6 Å². The summed E-state index contributed by atoms with van der Waals surface area (Å²) in [4.78, 5) is 30.6. The van der Waals surface area contributed by atoms with Gasteiger partial charge in [0.15, 0.2) is 5.96 Å². The lowest BCUT2D eigenvalue weighted by Gasteiger charge is -2.29. The van der Waals surface area contributed by atoms with Crippen molar-refractivity contribution in [3.8, 4) is 0 Å². The van der Waals surface area contributed by atoms with Crippen LogP contribution in [0.2, 0.25) is 0 Å². The molecule has 0 aromatic heterocycles. The summed E-state index contributed by atoms with van der Waals surface area (Å²) in [7, 11) is 0. The molecule has 0 fully saturated rings. The first-order valence-corrected chi connectivity index (χ1v) is 9.46. The van der Waals surface area contributed by atoms with Crippen LogP contribution in [0.5, 0.6) is 0 Å². The zero-order chi connectivity index (χ0) is 19.9. The minimum Gasteiger partial charge on any atom is -0.357 e. The topological polar surface area (TPSA) is 85.8 Å². The number of halogens is 1. The van der Waals surface area contributed by atoms with Crippen LogP contribution in [0.25, 0.3) is 0 Å². The highest BCUT2D eigenvalue weighted by Crippen LogP contribution is 2.18. The number of nitrogens with one attached hydrogen (secondary N) is 3. The van der Waals surface area contributed by atoms with Crippen LogP contribution in [0.4, 0.5) is 0 Å². The number of aliphatic imine (C=N–C) groups is 1. The third kappa shape index (κ3) is 8.04. The Hall–Kier alpha value is -1.84. The molecule has 1 aliphatic heterocycles. The van der Waals surface area contributed by atoms with Gasteiger partial charge in [0, 0.05) is 25.2 Å². The quantitative estimate of drug-likeness (QED) is 0.326. The molecule has 156 valence electrons. The van der Waals surface area contributed by atoms with Gasteiger partial charge in [-0.2, -0.15) is 0 Å². The van der Waals surface area contributed by atoms with Gasteiger partial charge in [-0.1, -0.05) is 24.3 Å². The van der Waals surface area contributed by atoms with Gasteiger partial charge in [-0.05, 0) is 45.2 Å². The molecule has 28 heavy (non-hydrogen) atoms. The second-order valence-corrected chi connectivity index (χ2v) is 7.68. The molecule has 1 heterocycles. The molecule has 0 bridgehead atoms. The van der Waals surface area contributed by atoms with E-state index in [4.69, 9.17) is 0 Å². The summed E-state index contributed by atoms with van der Waals surface area (Å²) >= 11 is 0. The standard InChI is InChI=1S/C20H31N5O2.HI/c1-5-21-19(22-12-17(26)24-20(2,3)4)23-13-18(27)25-11-10-15-8-6-7-9-16(15)14-25;/h6-9H,5,10-14H2,1-4H3,(H,24,26)(H2,21,22,23);1H. The van der Waals surface area contributed by atoms with Crippen molar-refractivity contribution in [3.05, 3.63) is 35.4 Å². The van der Waals surface area contributed by atoms with Crippen LogP contribution in [-0.4, -0.2) is 54.4 Å². The molecule has 3 N–H and O–H groups in total. The third-order valence-electron chi connectivity index (χ3n) is 4.13. The van der Waals surface area contributed by atoms with Crippen LogP contribution < -0.4 is 16.0 Å². The van der Waals surface area contributed by atoms with Crippen molar-refractivity contribution in [1.82, 2.24) is 20.9 Å². The minimum atomic E-state index is -0.293. The van der Waals surface area contributed by atoms with E-state index >= 15 is 0 Å². The summed E-state index contributed by atoms with van der Waals surface area (Å²) in [6.45, 7) is 9.88. The first-order chi connectivity index (χ1) is 12.8. The molecule has 0 saturated heterocycles. The van der Waals surface area contributed by atoms with Crippen molar-refractivity contribution in [2.45, 2.75) is 46.2 Å². The van der Waals surface area contributed by atoms with Crippen LogP contribution in [0.1, 0.15) is 38.8 Å². The molecule has 1 aliphatic rings. The number of hydrogen-bond acceptors (Lipinski definition) is 3. The van der Waals surface area contributed by atoms with E-state index in [1.165, 1.54) is 11.1 Å². The monoisotopic (exact) mass is 501 g/mol. The Kier molecular flexibility index (Phi) is 9.71. The maximum atomic E-state index is 12.5. The highest BCUT2D eigenvalue weighted by Gasteiger charge is 2.20. The lowest BCUT2D eigenvalue weighted by atomic mass is 10.00. The van der Waals surface area contributed by atoms with Gasteiger partial charge in [-0.15, -0.1) is 24.0 Å². The largest absolute Gasteiger partial charge is 0.357 e. The van der Waals surface area contributed by atoms with Crippen molar-refractivity contribution in [1.29, 1.82) is 0 Å². The van der Waals surface area contributed by atoms with E-state index in [2.05, 4.69) is 33.1 Å². The smallest absolute Gasteiger partial charge is 0.242 e. The average molecular weight is 501 g/mol. The van der Waals surface area contributed by atoms with Gasteiger partial charge < -0.3 is 20.9 Å². The fraction of sp³-hybridized carbons (Fsp3) is 0.550. The molecule has 2 amide bonds. The fourth-order valence-corrected chi connectivity index (χ4v) is 2.93. The van der Waals surface area contributed by atoms with Crippen molar-refractivity contribution in [2.75, 3.05) is 26.2 Å². The number of carbonyl (C=O) groups is 2. The van der Waals surface area contributed by atoms with E-state index < -0.39 is 0 Å². The van der Waals surface area contributed by atoms with Gasteiger partial charge in [0.2, 0.25) is 11.8 Å². The van der Waals surface area contributed by atoms with Crippen LogP contribution >= 0.6 is 24.0 Å². The second-order valence-electron chi connectivity index (χ2n) is 7.68. The van der Waals surface area contributed by atoms with Crippen molar-refractivity contribution in [2.24, 2.45) is 4.99 Å². The van der Waals surface area contributed by atoms with Crippen LogP contribution in [0, 0.1) is 0 Å². The average Bonchev–Trinajstić information content (AvgIpc) is 2.62. The van der Waals surface area contributed by atoms with E-state index in [1.807, 2.05) is 44.7 Å². The van der Waals surface area contributed by atoms with E-state index in [0.29, 0.717) is 19.0 Å². The van der Waals surface area contributed by atoms with Gasteiger partial charge in [0.05, 0.1) is 6.54 Å². The van der Waals surface area contributed by atoms with Crippen molar-refractivity contribution in [3.63, 3.8) is 0 Å². The van der Waals surface area contributed by atoms with Crippen molar-refractivity contribution >= 4 is 41.8 Å². The van der Waals surface area contributed by atoms with Gasteiger partial charge in [-0.3, -0.25) is 9.59 Å². The molecule has 1 aromatic carbocycles. The Morgan fingerprint density at radius 2 is 1.82 bits per heavy atom. The number of carbonyl (C=O) groups excluding carboxylic acids is 2. The Balaban J connectivity index is 0.00000392. The molecule has 0 spiro atoms.